The summed E-state index contributed by atoms with van der Waals surface area (Å²) in [6.07, 6.45) is 8.58. The molecule has 0 radical (unpaired) electrons. The van der Waals surface area contributed by atoms with Gasteiger partial charge in [0.05, 0.1) is 5.71 Å². The Kier molecular flexibility index (Phi) is 4.41. The molecule has 27 heavy (non-hydrogen) atoms. The zero-order valence-corrected chi connectivity index (χ0v) is 14.7. The minimum absolute atomic E-state index is 0.0920. The molecule has 1 aromatic carbocycles. The van der Waals surface area contributed by atoms with E-state index in [9.17, 15) is 10.1 Å². The molecule has 1 aliphatic carbocycles. The second-order valence-electron chi connectivity index (χ2n) is 5.91. The van der Waals surface area contributed by atoms with E-state index >= 15 is 0 Å². The lowest BCUT2D eigenvalue weighted by Crippen LogP contribution is -2.27. The number of nitrogens with zero attached hydrogens (tertiary/aromatic N) is 3. The van der Waals surface area contributed by atoms with E-state index in [4.69, 9.17) is 16.0 Å². The maximum absolute atomic E-state index is 12.2. The van der Waals surface area contributed by atoms with Crippen molar-refractivity contribution in [3.05, 3.63) is 77.1 Å². The van der Waals surface area contributed by atoms with Gasteiger partial charge in [-0.15, -0.1) is 0 Å². The lowest BCUT2D eigenvalue weighted by Gasteiger charge is -2.17. The maximum Gasteiger partial charge on any atom is 0.260 e. The standard InChI is InChI=1S/C21H12ClN3O2/c22-15-5-3-4-13(10-15)19-9-8-16(27-19)11-14(12-23)20-24-18-7-2-1-6-17(18)21(26)25-20/h1-11,17H/b14-11+. The number of amidine groups is 1. The Balaban J connectivity index is 1.66. The Hall–Kier alpha value is -3.49. The van der Waals surface area contributed by atoms with Gasteiger partial charge in [-0.1, -0.05) is 42.0 Å². The summed E-state index contributed by atoms with van der Waals surface area (Å²) in [7, 11) is 0. The van der Waals surface area contributed by atoms with Crippen LogP contribution in [0.1, 0.15) is 5.76 Å². The van der Waals surface area contributed by atoms with Crippen LogP contribution in [0.2, 0.25) is 5.02 Å². The van der Waals surface area contributed by atoms with Gasteiger partial charge in [0.1, 0.15) is 29.1 Å². The van der Waals surface area contributed by atoms with Crippen LogP contribution in [0, 0.1) is 17.2 Å². The van der Waals surface area contributed by atoms with E-state index in [1.807, 2.05) is 18.2 Å². The number of halogens is 1. The molecule has 1 aliphatic heterocycles. The third-order valence-electron chi connectivity index (χ3n) is 4.10. The normalized spacial score (nSPS) is 18.6. The van der Waals surface area contributed by atoms with Crippen molar-refractivity contribution in [3.8, 4) is 17.4 Å². The Labute approximate surface area is 160 Å². The van der Waals surface area contributed by atoms with Gasteiger partial charge in [0.15, 0.2) is 5.84 Å². The lowest BCUT2D eigenvalue weighted by molar-refractivity contribution is -0.118. The number of carbonyl (C=O) groups is 1. The molecule has 1 aromatic heterocycles. The fourth-order valence-electron chi connectivity index (χ4n) is 2.81. The quantitative estimate of drug-likeness (QED) is 0.736. The van der Waals surface area contributed by atoms with E-state index in [2.05, 4.69) is 9.98 Å². The van der Waals surface area contributed by atoms with Crippen molar-refractivity contribution in [1.82, 2.24) is 0 Å². The largest absolute Gasteiger partial charge is 0.457 e. The Morgan fingerprint density at radius 1 is 1.22 bits per heavy atom. The molecule has 130 valence electrons. The molecule has 0 bridgehead atoms. The lowest BCUT2D eigenvalue weighted by atomic mass is 9.96. The highest BCUT2D eigenvalue weighted by Gasteiger charge is 2.27. The molecule has 4 rings (SSSR count). The average molecular weight is 374 g/mol. The van der Waals surface area contributed by atoms with Crippen LogP contribution in [-0.4, -0.2) is 17.5 Å². The molecule has 2 aliphatic rings. The highest BCUT2D eigenvalue weighted by atomic mass is 35.5. The zero-order chi connectivity index (χ0) is 18.8. The van der Waals surface area contributed by atoms with Gasteiger partial charge in [-0.25, -0.2) is 4.99 Å². The van der Waals surface area contributed by atoms with Crippen molar-refractivity contribution < 1.29 is 9.21 Å². The molecule has 2 heterocycles. The second-order valence-corrected chi connectivity index (χ2v) is 6.35. The number of hydrogen-bond acceptors (Lipinski definition) is 4. The molecule has 6 heteroatoms. The number of fused-ring (bicyclic) bond motifs is 1. The van der Waals surface area contributed by atoms with Crippen molar-refractivity contribution in [3.63, 3.8) is 0 Å². The van der Waals surface area contributed by atoms with Crippen LogP contribution in [0.3, 0.4) is 0 Å². The summed E-state index contributed by atoms with van der Waals surface area (Å²) in [5, 5.41) is 10.1. The number of hydrogen-bond donors (Lipinski definition) is 0. The van der Waals surface area contributed by atoms with Gasteiger partial charge >= 0.3 is 0 Å². The van der Waals surface area contributed by atoms with Crippen LogP contribution in [-0.2, 0) is 4.79 Å². The molecule has 0 N–H and O–H groups in total. The summed E-state index contributed by atoms with van der Waals surface area (Å²) >= 11 is 6.01. The first kappa shape index (κ1) is 17.0. The summed E-state index contributed by atoms with van der Waals surface area (Å²) in [5.74, 6) is 0.356. The SMILES string of the molecule is N#C/C(=C\c1ccc(-c2cccc(Cl)c2)o1)C1=NC(=O)C2C=CC=CC2=N1. The van der Waals surface area contributed by atoms with Crippen LogP contribution in [0.25, 0.3) is 17.4 Å². The van der Waals surface area contributed by atoms with Crippen LogP contribution in [0.4, 0.5) is 0 Å². The second kappa shape index (κ2) is 7.02. The third-order valence-corrected chi connectivity index (χ3v) is 4.34. The van der Waals surface area contributed by atoms with E-state index in [1.54, 1.807) is 48.6 Å². The van der Waals surface area contributed by atoms with Gasteiger partial charge in [-0.05, 0) is 30.3 Å². The van der Waals surface area contributed by atoms with Crippen molar-refractivity contribution >= 4 is 35.1 Å². The van der Waals surface area contributed by atoms with Crippen LogP contribution in [0.5, 0.6) is 0 Å². The van der Waals surface area contributed by atoms with E-state index in [-0.39, 0.29) is 17.3 Å². The highest BCUT2D eigenvalue weighted by molar-refractivity contribution is 6.30. The first-order valence-corrected chi connectivity index (χ1v) is 8.56. The number of allylic oxidation sites excluding steroid dienone is 3. The van der Waals surface area contributed by atoms with Gasteiger partial charge in [0.2, 0.25) is 0 Å². The molecule has 1 atom stereocenters. The molecule has 1 unspecified atom stereocenters. The zero-order valence-electron chi connectivity index (χ0n) is 14.0. The maximum atomic E-state index is 12.2. The molecular formula is C21H12ClN3O2. The van der Waals surface area contributed by atoms with Crippen molar-refractivity contribution in [1.29, 1.82) is 5.26 Å². The monoisotopic (exact) mass is 373 g/mol. The first-order valence-electron chi connectivity index (χ1n) is 8.18. The minimum atomic E-state index is -0.475. The summed E-state index contributed by atoms with van der Waals surface area (Å²) in [6.45, 7) is 0. The van der Waals surface area contributed by atoms with Gasteiger partial charge in [0, 0.05) is 16.7 Å². The van der Waals surface area contributed by atoms with Crippen LogP contribution >= 0.6 is 11.6 Å². The van der Waals surface area contributed by atoms with Gasteiger partial charge in [-0.3, -0.25) is 4.79 Å². The van der Waals surface area contributed by atoms with E-state index in [0.29, 0.717) is 22.3 Å². The Morgan fingerprint density at radius 3 is 2.93 bits per heavy atom. The van der Waals surface area contributed by atoms with Gasteiger partial charge < -0.3 is 4.42 Å². The molecule has 2 aromatic rings. The van der Waals surface area contributed by atoms with E-state index in [1.165, 1.54) is 6.08 Å². The summed E-state index contributed by atoms with van der Waals surface area (Å²) < 4.78 is 5.78. The highest BCUT2D eigenvalue weighted by Crippen LogP contribution is 2.26. The number of aliphatic imine (C=N–C) groups is 2. The Bertz CT molecular complexity index is 1130. The predicted molar refractivity (Wildman–Crippen MR) is 104 cm³/mol. The van der Waals surface area contributed by atoms with E-state index in [0.717, 1.165) is 5.56 Å². The number of nitriles is 1. The molecule has 5 nitrogen and oxygen atoms in total. The fraction of sp³-hybridized carbons (Fsp3) is 0.0476. The summed E-state index contributed by atoms with van der Waals surface area (Å²) in [5.41, 5.74) is 1.56. The van der Waals surface area contributed by atoms with Gasteiger partial charge in [0.25, 0.3) is 5.91 Å². The predicted octanol–water partition coefficient (Wildman–Crippen LogP) is 4.63. The molecule has 0 saturated carbocycles. The van der Waals surface area contributed by atoms with Gasteiger partial charge in [-0.2, -0.15) is 10.3 Å². The summed E-state index contributed by atoms with van der Waals surface area (Å²) in [6, 6.07) is 12.8. The first-order chi connectivity index (χ1) is 13.1. The number of benzene rings is 1. The van der Waals surface area contributed by atoms with Crippen LogP contribution in [0.15, 0.2) is 80.7 Å². The van der Waals surface area contributed by atoms with Crippen molar-refractivity contribution in [2.75, 3.05) is 0 Å². The number of rotatable bonds is 3. The Morgan fingerprint density at radius 2 is 2.11 bits per heavy atom. The van der Waals surface area contributed by atoms with Crippen molar-refractivity contribution in [2.24, 2.45) is 15.9 Å². The molecule has 0 saturated heterocycles. The molecule has 1 amide bonds. The molecular weight excluding hydrogens is 362 g/mol. The van der Waals surface area contributed by atoms with Crippen LogP contribution < -0.4 is 0 Å². The number of amides is 1. The summed E-state index contributed by atoms with van der Waals surface area (Å²) in [4.78, 5) is 20.5. The third kappa shape index (κ3) is 3.43. The molecule has 0 fully saturated rings. The number of furan rings is 1. The topological polar surface area (TPSA) is 78.7 Å². The fourth-order valence-corrected chi connectivity index (χ4v) is 3.00. The number of carbonyl (C=O) groups excluding carboxylic acids is 1. The smallest absolute Gasteiger partial charge is 0.260 e. The average Bonchev–Trinajstić information content (AvgIpc) is 3.15. The van der Waals surface area contributed by atoms with E-state index < -0.39 is 5.92 Å². The molecule has 0 spiro atoms. The minimum Gasteiger partial charge on any atom is -0.457 e. The van der Waals surface area contributed by atoms with Crippen molar-refractivity contribution in [2.45, 2.75) is 0 Å².